The third-order valence-electron chi connectivity index (χ3n) is 6.32. The molecule has 2 aromatic heterocycles. The summed E-state index contributed by atoms with van der Waals surface area (Å²) in [6.45, 7) is 7.30. The summed E-state index contributed by atoms with van der Waals surface area (Å²) < 4.78 is 7.71. The van der Waals surface area contributed by atoms with Crippen molar-refractivity contribution in [2.75, 3.05) is 39.3 Å². The first-order valence-electron chi connectivity index (χ1n) is 11.8. The maximum atomic E-state index is 11.8. The summed E-state index contributed by atoms with van der Waals surface area (Å²) in [4.78, 5) is 21.1. The maximum absolute atomic E-state index is 11.8. The number of ether oxygens (including phenoxy) is 1. The van der Waals surface area contributed by atoms with Crippen LogP contribution >= 0.6 is 37.2 Å². The molecule has 0 spiro atoms. The fraction of sp³-hybridized carbons (Fsp3) is 0.462. The van der Waals surface area contributed by atoms with E-state index in [-0.39, 0.29) is 42.8 Å². The van der Waals surface area contributed by atoms with E-state index in [0.29, 0.717) is 6.61 Å². The van der Waals surface area contributed by atoms with Gasteiger partial charge in [0.05, 0.1) is 12.1 Å². The minimum atomic E-state index is 0. The van der Waals surface area contributed by atoms with Gasteiger partial charge in [0.25, 0.3) is 5.56 Å². The number of fused-ring (bicyclic) bond motifs is 1. The number of hydrogen-bond acceptors (Lipinski definition) is 5. The van der Waals surface area contributed by atoms with Crippen molar-refractivity contribution in [1.82, 2.24) is 19.4 Å². The van der Waals surface area contributed by atoms with Crippen LogP contribution in [0.3, 0.4) is 0 Å². The third-order valence-corrected chi connectivity index (χ3v) is 6.32. The van der Waals surface area contributed by atoms with Crippen LogP contribution in [0.25, 0.3) is 10.9 Å². The Kier molecular flexibility index (Phi) is 14.3. The third kappa shape index (κ3) is 9.28. The second-order valence-corrected chi connectivity index (χ2v) is 8.69. The molecule has 9 heteroatoms. The number of hydrogen-bond donors (Lipinski definition) is 0. The van der Waals surface area contributed by atoms with Crippen LogP contribution in [0.4, 0.5) is 0 Å². The zero-order valence-corrected chi connectivity index (χ0v) is 22.8. The highest BCUT2D eigenvalue weighted by Crippen LogP contribution is 2.19. The second-order valence-electron chi connectivity index (χ2n) is 8.69. The molecule has 1 saturated heterocycles. The predicted molar refractivity (Wildman–Crippen MR) is 151 cm³/mol. The lowest BCUT2D eigenvalue weighted by Crippen LogP contribution is -2.38. The number of halogens is 3. The van der Waals surface area contributed by atoms with Gasteiger partial charge >= 0.3 is 0 Å². The fourth-order valence-corrected chi connectivity index (χ4v) is 4.41. The Labute approximate surface area is 226 Å². The van der Waals surface area contributed by atoms with E-state index in [1.807, 2.05) is 36.7 Å². The Morgan fingerprint density at radius 3 is 2.43 bits per heavy atom. The molecule has 0 aliphatic carbocycles. The first kappa shape index (κ1) is 31.2. The van der Waals surface area contributed by atoms with Gasteiger partial charge in [0.1, 0.15) is 5.75 Å². The van der Waals surface area contributed by atoms with Crippen LogP contribution in [0.5, 0.6) is 5.75 Å². The lowest BCUT2D eigenvalue weighted by Gasteiger charge is -2.30. The lowest BCUT2D eigenvalue weighted by molar-refractivity contribution is 0.169. The van der Waals surface area contributed by atoms with Gasteiger partial charge in [-0.3, -0.25) is 14.7 Å². The molecule has 194 valence electrons. The molecular weight excluding hydrogens is 507 g/mol. The average Bonchev–Trinajstić information content (AvgIpc) is 2.84. The minimum Gasteiger partial charge on any atom is -0.494 e. The van der Waals surface area contributed by atoms with Gasteiger partial charge in [-0.1, -0.05) is 6.42 Å². The van der Waals surface area contributed by atoms with Gasteiger partial charge in [-0.2, -0.15) is 0 Å². The quantitative estimate of drug-likeness (QED) is 0.339. The Bertz CT molecular complexity index is 1060. The summed E-state index contributed by atoms with van der Waals surface area (Å²) in [5.74, 6) is 0.852. The molecule has 0 atom stereocenters. The van der Waals surface area contributed by atoms with Crippen molar-refractivity contribution in [3.8, 4) is 5.75 Å². The number of aryl methyl sites for hydroxylation is 1. The first-order chi connectivity index (χ1) is 15.7. The SMILES string of the molecule is Cl.Cl.Cl.Cn1c(=O)ccc2cc(OCCCN(CCN3CCCCC3)Cc3ccncc3)ccc21. The molecule has 35 heavy (non-hydrogen) atoms. The molecule has 0 bridgehead atoms. The molecule has 4 rings (SSSR count). The van der Waals surface area contributed by atoms with Gasteiger partial charge < -0.3 is 14.2 Å². The molecule has 3 heterocycles. The molecule has 1 aliphatic heterocycles. The topological polar surface area (TPSA) is 50.6 Å². The van der Waals surface area contributed by atoms with Crippen LogP contribution in [-0.2, 0) is 13.6 Å². The number of rotatable bonds is 10. The van der Waals surface area contributed by atoms with E-state index in [0.717, 1.165) is 49.3 Å². The zero-order valence-electron chi connectivity index (χ0n) is 20.3. The number of nitrogens with zero attached hydrogens (tertiary/aromatic N) is 4. The summed E-state index contributed by atoms with van der Waals surface area (Å²) >= 11 is 0. The van der Waals surface area contributed by atoms with Crippen LogP contribution in [0, 0.1) is 0 Å². The van der Waals surface area contributed by atoms with Crippen LogP contribution in [0.1, 0.15) is 31.2 Å². The van der Waals surface area contributed by atoms with Crippen molar-refractivity contribution >= 4 is 48.1 Å². The summed E-state index contributed by atoms with van der Waals surface area (Å²) in [6.07, 6.45) is 8.75. The molecular formula is C26H37Cl3N4O2. The highest BCUT2D eigenvalue weighted by Gasteiger charge is 2.13. The Morgan fingerprint density at radius 2 is 1.69 bits per heavy atom. The summed E-state index contributed by atoms with van der Waals surface area (Å²) in [6, 6.07) is 13.6. The molecule has 0 N–H and O–H groups in total. The molecule has 1 aromatic carbocycles. The fourth-order valence-electron chi connectivity index (χ4n) is 4.41. The predicted octanol–water partition coefficient (Wildman–Crippen LogP) is 4.96. The van der Waals surface area contributed by atoms with Crippen molar-refractivity contribution in [3.05, 3.63) is 70.8 Å². The molecule has 0 unspecified atom stereocenters. The number of likely N-dealkylation sites (tertiary alicyclic amines) is 1. The van der Waals surface area contributed by atoms with E-state index in [2.05, 4.69) is 26.9 Å². The largest absolute Gasteiger partial charge is 0.494 e. The van der Waals surface area contributed by atoms with Gasteiger partial charge in [-0.25, -0.2) is 0 Å². The van der Waals surface area contributed by atoms with E-state index < -0.39 is 0 Å². The standard InChI is InChI=1S/C26H34N4O2.3ClH/c1-28-25-8-7-24(20-23(25)6-9-26(28)31)32-19-5-16-30(21-22-10-12-27-13-11-22)18-17-29-14-3-2-4-15-29;;;/h6-13,20H,2-5,14-19,21H2,1H3;3*1H. The highest BCUT2D eigenvalue weighted by atomic mass is 35.5. The Balaban J connectivity index is 0.00000204. The van der Waals surface area contributed by atoms with Crippen LogP contribution < -0.4 is 10.3 Å². The van der Waals surface area contributed by atoms with E-state index in [9.17, 15) is 4.79 Å². The minimum absolute atomic E-state index is 0. The van der Waals surface area contributed by atoms with Gasteiger partial charge in [0.15, 0.2) is 0 Å². The van der Waals surface area contributed by atoms with Gasteiger partial charge in [0, 0.05) is 57.1 Å². The van der Waals surface area contributed by atoms with E-state index in [4.69, 9.17) is 4.74 Å². The first-order valence-corrected chi connectivity index (χ1v) is 11.8. The van der Waals surface area contributed by atoms with E-state index in [1.165, 1.54) is 37.9 Å². The molecule has 1 fully saturated rings. The number of piperidine rings is 1. The van der Waals surface area contributed by atoms with Gasteiger partial charge in [-0.15, -0.1) is 37.2 Å². The van der Waals surface area contributed by atoms with Crippen LogP contribution in [0.15, 0.2) is 59.7 Å². The molecule has 0 radical (unpaired) electrons. The average molecular weight is 544 g/mol. The normalized spacial score (nSPS) is 13.5. The van der Waals surface area contributed by atoms with Crippen LogP contribution in [0.2, 0.25) is 0 Å². The number of benzene rings is 1. The highest BCUT2D eigenvalue weighted by molar-refractivity contribution is 5.86. The summed E-state index contributed by atoms with van der Waals surface area (Å²) in [5.41, 5.74) is 2.23. The van der Waals surface area contributed by atoms with Crippen molar-refractivity contribution in [1.29, 1.82) is 0 Å². The zero-order chi connectivity index (χ0) is 22.2. The Hall–Kier alpha value is -1.83. The van der Waals surface area contributed by atoms with Crippen molar-refractivity contribution in [2.24, 2.45) is 7.05 Å². The molecule has 3 aromatic rings. The molecule has 6 nitrogen and oxygen atoms in total. The van der Waals surface area contributed by atoms with Gasteiger partial charge in [-0.05, 0) is 74.3 Å². The number of pyridine rings is 2. The van der Waals surface area contributed by atoms with E-state index in [1.54, 1.807) is 17.7 Å². The molecule has 0 amide bonds. The molecule has 0 saturated carbocycles. The number of aromatic nitrogens is 2. The smallest absolute Gasteiger partial charge is 0.250 e. The van der Waals surface area contributed by atoms with Crippen molar-refractivity contribution in [3.63, 3.8) is 0 Å². The van der Waals surface area contributed by atoms with E-state index >= 15 is 0 Å². The van der Waals surface area contributed by atoms with Gasteiger partial charge in [0.2, 0.25) is 0 Å². The summed E-state index contributed by atoms with van der Waals surface area (Å²) in [7, 11) is 1.80. The molecule has 1 aliphatic rings. The van der Waals surface area contributed by atoms with Crippen molar-refractivity contribution < 1.29 is 4.74 Å². The van der Waals surface area contributed by atoms with Crippen LogP contribution in [-0.4, -0.2) is 58.7 Å². The summed E-state index contributed by atoms with van der Waals surface area (Å²) in [5, 5.41) is 1.02. The Morgan fingerprint density at radius 1 is 0.943 bits per heavy atom. The monoisotopic (exact) mass is 542 g/mol. The maximum Gasteiger partial charge on any atom is 0.250 e. The van der Waals surface area contributed by atoms with Crippen molar-refractivity contribution in [2.45, 2.75) is 32.2 Å². The second kappa shape index (κ2) is 16.0. The lowest BCUT2D eigenvalue weighted by atomic mass is 10.1.